The summed E-state index contributed by atoms with van der Waals surface area (Å²) >= 11 is 5.17. The Morgan fingerprint density at radius 3 is 3.06 bits per heavy atom. The molecule has 0 radical (unpaired) electrons. The van der Waals surface area contributed by atoms with Crippen LogP contribution in [0.15, 0.2) is 33.6 Å². The second kappa shape index (κ2) is 5.51. The van der Waals surface area contributed by atoms with Crippen molar-refractivity contribution < 1.29 is 0 Å². The summed E-state index contributed by atoms with van der Waals surface area (Å²) in [5, 5.41) is 7.63. The number of aromatic nitrogens is 1. The lowest BCUT2D eigenvalue weighted by Gasteiger charge is -2.15. The second-order valence-electron chi connectivity index (χ2n) is 3.98. The summed E-state index contributed by atoms with van der Waals surface area (Å²) in [6.45, 7) is 2.14. The van der Waals surface area contributed by atoms with Crippen molar-refractivity contribution in [1.82, 2.24) is 4.98 Å². The van der Waals surface area contributed by atoms with Crippen molar-refractivity contribution in [2.24, 2.45) is 0 Å². The summed E-state index contributed by atoms with van der Waals surface area (Å²) in [7, 11) is 0. The summed E-state index contributed by atoms with van der Waals surface area (Å²) in [4.78, 5) is 4.27. The molecule has 0 aliphatic rings. The Morgan fingerprint density at radius 2 is 2.41 bits per heavy atom. The highest BCUT2D eigenvalue weighted by atomic mass is 79.9. The van der Waals surface area contributed by atoms with Crippen LogP contribution in [-0.2, 0) is 6.42 Å². The van der Waals surface area contributed by atoms with Crippen LogP contribution in [0, 0.1) is 0 Å². The van der Waals surface area contributed by atoms with Crippen LogP contribution < -0.4 is 11.1 Å². The Morgan fingerprint density at radius 1 is 1.59 bits per heavy atom. The number of rotatable bonds is 4. The van der Waals surface area contributed by atoms with E-state index in [1.165, 1.54) is 5.56 Å². The average Bonchev–Trinajstić information content (AvgIpc) is 2.75. The molecular weight excluding hydrogens is 298 g/mol. The lowest BCUT2D eigenvalue weighted by atomic mass is 10.1. The number of hydrogen-bond acceptors (Lipinski definition) is 4. The molecule has 90 valence electrons. The van der Waals surface area contributed by atoms with Crippen LogP contribution >= 0.6 is 27.3 Å². The van der Waals surface area contributed by atoms with Crippen LogP contribution in [0.3, 0.4) is 0 Å². The smallest absolute Gasteiger partial charge is 0.140 e. The second-order valence-corrected chi connectivity index (χ2v) is 5.61. The average molecular weight is 312 g/mol. The molecule has 2 aromatic rings. The summed E-state index contributed by atoms with van der Waals surface area (Å²) in [6, 6.07) is 4.33. The van der Waals surface area contributed by atoms with E-state index in [-0.39, 0.29) is 0 Å². The first kappa shape index (κ1) is 12.4. The molecule has 3 nitrogen and oxygen atoms in total. The summed E-state index contributed by atoms with van der Waals surface area (Å²) in [6.07, 6.45) is 2.65. The van der Waals surface area contributed by atoms with E-state index in [2.05, 4.69) is 50.0 Å². The quantitative estimate of drug-likeness (QED) is 0.908. The van der Waals surface area contributed by atoms with Crippen molar-refractivity contribution in [2.75, 3.05) is 11.1 Å². The minimum Gasteiger partial charge on any atom is -0.397 e. The Kier molecular flexibility index (Phi) is 4.02. The van der Waals surface area contributed by atoms with Crippen molar-refractivity contribution in [3.63, 3.8) is 0 Å². The van der Waals surface area contributed by atoms with Gasteiger partial charge in [-0.1, -0.05) is 0 Å². The molecule has 0 amide bonds. The normalized spacial score (nSPS) is 12.4. The van der Waals surface area contributed by atoms with Gasteiger partial charge in [-0.2, -0.15) is 11.3 Å². The third-order valence-corrected chi connectivity index (χ3v) is 3.70. The molecule has 2 aromatic heterocycles. The van der Waals surface area contributed by atoms with E-state index in [9.17, 15) is 0 Å². The first-order valence-electron chi connectivity index (χ1n) is 5.34. The SMILES string of the molecule is CC(Cc1ccsc1)Nc1ncc(N)cc1Br. The molecule has 0 saturated heterocycles. The number of halogens is 1. The maximum atomic E-state index is 5.65. The number of anilines is 2. The van der Waals surface area contributed by atoms with Gasteiger partial charge in [0.15, 0.2) is 0 Å². The van der Waals surface area contributed by atoms with Gasteiger partial charge in [0, 0.05) is 6.04 Å². The molecule has 1 unspecified atom stereocenters. The van der Waals surface area contributed by atoms with Crippen molar-refractivity contribution in [1.29, 1.82) is 0 Å². The number of nitrogen functional groups attached to an aromatic ring is 1. The molecule has 0 aliphatic heterocycles. The summed E-state index contributed by atoms with van der Waals surface area (Å²) in [5.41, 5.74) is 7.66. The Balaban J connectivity index is 2.00. The zero-order valence-electron chi connectivity index (χ0n) is 9.48. The summed E-state index contributed by atoms with van der Waals surface area (Å²) in [5.74, 6) is 0.835. The predicted molar refractivity (Wildman–Crippen MR) is 77.5 cm³/mol. The number of nitrogens with two attached hydrogens (primary N) is 1. The van der Waals surface area contributed by atoms with Gasteiger partial charge in [0.2, 0.25) is 0 Å². The largest absolute Gasteiger partial charge is 0.397 e. The van der Waals surface area contributed by atoms with E-state index < -0.39 is 0 Å². The van der Waals surface area contributed by atoms with Crippen LogP contribution in [0.5, 0.6) is 0 Å². The number of nitrogens with one attached hydrogen (secondary N) is 1. The van der Waals surface area contributed by atoms with Gasteiger partial charge < -0.3 is 11.1 Å². The highest BCUT2D eigenvalue weighted by molar-refractivity contribution is 9.10. The van der Waals surface area contributed by atoms with Crippen LogP contribution in [0.4, 0.5) is 11.5 Å². The predicted octanol–water partition coefficient (Wildman–Crippen LogP) is 3.53. The van der Waals surface area contributed by atoms with E-state index in [0.717, 1.165) is 16.7 Å². The maximum absolute atomic E-state index is 5.65. The molecule has 0 aromatic carbocycles. The van der Waals surface area contributed by atoms with Crippen LogP contribution in [-0.4, -0.2) is 11.0 Å². The fourth-order valence-electron chi connectivity index (χ4n) is 1.61. The van der Waals surface area contributed by atoms with E-state index in [4.69, 9.17) is 5.73 Å². The van der Waals surface area contributed by atoms with E-state index >= 15 is 0 Å². The molecule has 0 spiro atoms. The number of thiophene rings is 1. The molecule has 2 rings (SSSR count). The van der Waals surface area contributed by atoms with Crippen molar-refractivity contribution >= 4 is 38.8 Å². The van der Waals surface area contributed by atoms with Gasteiger partial charge in [-0.05, 0) is 57.7 Å². The molecule has 0 saturated carbocycles. The van der Waals surface area contributed by atoms with Crippen LogP contribution in [0.1, 0.15) is 12.5 Å². The van der Waals surface area contributed by atoms with Crippen LogP contribution in [0.25, 0.3) is 0 Å². The lowest BCUT2D eigenvalue weighted by molar-refractivity contribution is 0.786. The molecular formula is C12H14BrN3S. The topological polar surface area (TPSA) is 50.9 Å². The van der Waals surface area contributed by atoms with Crippen molar-refractivity contribution in [3.05, 3.63) is 39.1 Å². The molecule has 0 fully saturated rings. The van der Waals surface area contributed by atoms with Gasteiger partial charge in [-0.3, -0.25) is 0 Å². The van der Waals surface area contributed by atoms with Gasteiger partial charge in [-0.25, -0.2) is 4.98 Å². The third-order valence-electron chi connectivity index (χ3n) is 2.37. The fourth-order valence-corrected chi connectivity index (χ4v) is 2.77. The first-order chi connectivity index (χ1) is 8.15. The summed E-state index contributed by atoms with van der Waals surface area (Å²) < 4.78 is 0.898. The van der Waals surface area contributed by atoms with E-state index in [1.807, 2.05) is 6.07 Å². The van der Waals surface area contributed by atoms with Crippen molar-refractivity contribution in [2.45, 2.75) is 19.4 Å². The van der Waals surface area contributed by atoms with Gasteiger partial charge in [-0.15, -0.1) is 0 Å². The molecule has 1 atom stereocenters. The van der Waals surface area contributed by atoms with Crippen molar-refractivity contribution in [3.8, 4) is 0 Å². The van der Waals surface area contributed by atoms with E-state index in [1.54, 1.807) is 17.5 Å². The maximum Gasteiger partial charge on any atom is 0.140 e. The van der Waals surface area contributed by atoms with Gasteiger partial charge in [0.05, 0.1) is 16.4 Å². The molecule has 0 aliphatic carbocycles. The molecule has 2 heterocycles. The zero-order valence-corrected chi connectivity index (χ0v) is 11.9. The van der Waals surface area contributed by atoms with Gasteiger partial charge in [0.1, 0.15) is 5.82 Å². The molecule has 5 heteroatoms. The van der Waals surface area contributed by atoms with Gasteiger partial charge >= 0.3 is 0 Å². The molecule has 0 bridgehead atoms. The number of nitrogens with zero attached hydrogens (tertiary/aromatic N) is 1. The third kappa shape index (κ3) is 3.44. The Labute approximate surface area is 113 Å². The number of hydrogen-bond donors (Lipinski definition) is 2. The highest BCUT2D eigenvalue weighted by Gasteiger charge is 2.07. The Hall–Kier alpha value is -1.07. The Bertz CT molecular complexity index is 485. The lowest BCUT2D eigenvalue weighted by Crippen LogP contribution is -2.18. The minimum atomic E-state index is 0.331. The fraction of sp³-hybridized carbons (Fsp3) is 0.250. The zero-order chi connectivity index (χ0) is 12.3. The van der Waals surface area contributed by atoms with Crippen LogP contribution in [0.2, 0.25) is 0 Å². The number of pyridine rings is 1. The minimum absolute atomic E-state index is 0.331. The van der Waals surface area contributed by atoms with E-state index in [0.29, 0.717) is 11.7 Å². The standard InChI is InChI=1S/C12H14BrN3S/c1-8(4-9-2-3-17-7-9)16-12-11(13)5-10(14)6-15-12/h2-3,5-8H,4,14H2,1H3,(H,15,16). The monoisotopic (exact) mass is 311 g/mol. The molecule has 17 heavy (non-hydrogen) atoms. The highest BCUT2D eigenvalue weighted by Crippen LogP contribution is 2.23. The van der Waals surface area contributed by atoms with Gasteiger partial charge in [0.25, 0.3) is 0 Å². The first-order valence-corrected chi connectivity index (χ1v) is 7.07. The molecule has 3 N–H and O–H groups in total.